The first kappa shape index (κ1) is 19.4. The Morgan fingerprint density at radius 1 is 1.23 bits per heavy atom. The number of nitrogens with one attached hydrogen (secondary N) is 1. The summed E-state index contributed by atoms with van der Waals surface area (Å²) < 4.78 is 10.6. The zero-order valence-electron chi connectivity index (χ0n) is 14.7. The Bertz CT molecular complexity index is 852. The molecule has 0 aliphatic carbocycles. The molecule has 1 N–H and O–H groups in total. The first-order valence-corrected chi connectivity index (χ1v) is 8.34. The summed E-state index contributed by atoms with van der Waals surface area (Å²) in [7, 11) is 1.56. The molecule has 0 spiro atoms. The zero-order valence-corrected chi connectivity index (χ0v) is 15.5. The van der Waals surface area contributed by atoms with Gasteiger partial charge in [0.05, 0.1) is 18.2 Å². The van der Waals surface area contributed by atoms with E-state index in [-0.39, 0.29) is 11.7 Å². The summed E-state index contributed by atoms with van der Waals surface area (Å²) in [5.74, 6) is 0.730. The Labute approximate surface area is 157 Å². The topological polar surface area (TPSA) is 71.3 Å². The molecule has 0 bridgehead atoms. The van der Waals surface area contributed by atoms with Crippen molar-refractivity contribution in [1.82, 2.24) is 0 Å². The lowest BCUT2D eigenvalue weighted by molar-refractivity contribution is -0.112. The minimum atomic E-state index is -0.503. The van der Waals surface area contributed by atoms with Gasteiger partial charge >= 0.3 is 0 Å². The smallest absolute Gasteiger partial charge is 0.266 e. The summed E-state index contributed by atoms with van der Waals surface area (Å²) in [6, 6.07) is 13.8. The first-order valence-electron chi connectivity index (χ1n) is 7.96. The Kier molecular flexibility index (Phi) is 6.65. The van der Waals surface area contributed by atoms with Crippen LogP contribution in [0.15, 0.2) is 48.0 Å². The minimum absolute atomic E-state index is 0.00108. The number of nitrogens with zero attached hydrogens (tertiary/aromatic N) is 1. The van der Waals surface area contributed by atoms with Gasteiger partial charge in [-0.2, -0.15) is 5.26 Å². The molecule has 0 unspecified atom stereocenters. The van der Waals surface area contributed by atoms with E-state index in [9.17, 15) is 10.1 Å². The lowest BCUT2D eigenvalue weighted by atomic mass is 10.1. The number of methoxy groups -OCH3 is 1. The quantitative estimate of drug-likeness (QED) is 0.592. The largest absolute Gasteiger partial charge is 0.497 e. The van der Waals surface area contributed by atoms with Crippen LogP contribution in [0.25, 0.3) is 6.08 Å². The van der Waals surface area contributed by atoms with Crippen molar-refractivity contribution in [2.75, 3.05) is 12.4 Å². The van der Waals surface area contributed by atoms with E-state index in [1.165, 1.54) is 6.08 Å². The molecule has 0 atom stereocenters. The lowest BCUT2D eigenvalue weighted by Gasteiger charge is -2.11. The van der Waals surface area contributed by atoms with E-state index in [1.54, 1.807) is 49.6 Å². The highest BCUT2D eigenvalue weighted by molar-refractivity contribution is 6.32. The van der Waals surface area contributed by atoms with Crippen molar-refractivity contribution in [2.45, 2.75) is 20.0 Å². The molecule has 134 valence electrons. The van der Waals surface area contributed by atoms with Gasteiger partial charge in [0, 0.05) is 5.69 Å². The average Bonchev–Trinajstić information content (AvgIpc) is 2.62. The molecule has 0 heterocycles. The fourth-order valence-electron chi connectivity index (χ4n) is 2.14. The number of carbonyl (C=O) groups is 1. The number of nitriles is 1. The van der Waals surface area contributed by atoms with Gasteiger partial charge in [0.15, 0.2) is 0 Å². The molecule has 0 aromatic heterocycles. The van der Waals surface area contributed by atoms with Gasteiger partial charge in [-0.1, -0.05) is 17.7 Å². The van der Waals surface area contributed by atoms with Crippen molar-refractivity contribution in [3.63, 3.8) is 0 Å². The van der Waals surface area contributed by atoms with E-state index in [0.29, 0.717) is 27.8 Å². The maximum Gasteiger partial charge on any atom is 0.266 e. The summed E-state index contributed by atoms with van der Waals surface area (Å²) in [4.78, 5) is 12.3. The molecule has 26 heavy (non-hydrogen) atoms. The third-order valence-electron chi connectivity index (χ3n) is 3.34. The highest BCUT2D eigenvalue weighted by atomic mass is 35.5. The van der Waals surface area contributed by atoms with Crippen LogP contribution in [-0.2, 0) is 4.79 Å². The second-order valence-electron chi connectivity index (χ2n) is 5.71. The molecule has 0 aliphatic heterocycles. The molecule has 2 rings (SSSR count). The number of ether oxygens (including phenoxy) is 2. The Balaban J connectivity index is 2.17. The Morgan fingerprint density at radius 2 is 1.92 bits per heavy atom. The number of benzene rings is 2. The highest BCUT2D eigenvalue weighted by Crippen LogP contribution is 2.27. The summed E-state index contributed by atoms with van der Waals surface area (Å²) in [5.41, 5.74) is 1.16. The average molecular weight is 371 g/mol. The van der Waals surface area contributed by atoms with Crippen LogP contribution < -0.4 is 14.8 Å². The predicted octanol–water partition coefficient (Wildman–Crippen LogP) is 4.68. The number of carbonyl (C=O) groups excluding carboxylic acids is 1. The number of amides is 1. The van der Waals surface area contributed by atoms with Crippen LogP contribution >= 0.6 is 11.6 Å². The van der Waals surface area contributed by atoms with Crippen LogP contribution in [0, 0.1) is 11.3 Å². The summed E-state index contributed by atoms with van der Waals surface area (Å²) >= 11 is 6.19. The lowest BCUT2D eigenvalue weighted by Crippen LogP contribution is -2.13. The monoisotopic (exact) mass is 370 g/mol. The van der Waals surface area contributed by atoms with E-state index >= 15 is 0 Å². The van der Waals surface area contributed by atoms with Crippen LogP contribution in [0.4, 0.5) is 5.69 Å². The number of hydrogen-bond acceptors (Lipinski definition) is 4. The number of anilines is 1. The molecular formula is C20H19ClN2O3. The van der Waals surface area contributed by atoms with Gasteiger partial charge in [0.25, 0.3) is 5.91 Å². The van der Waals surface area contributed by atoms with Gasteiger partial charge in [-0.3, -0.25) is 4.79 Å². The van der Waals surface area contributed by atoms with Gasteiger partial charge in [-0.05, 0) is 61.9 Å². The van der Waals surface area contributed by atoms with Crippen LogP contribution in [0.2, 0.25) is 5.02 Å². The van der Waals surface area contributed by atoms with Gasteiger partial charge in [-0.25, -0.2) is 0 Å². The molecule has 1 amide bonds. The second-order valence-corrected chi connectivity index (χ2v) is 6.12. The Hall–Kier alpha value is -2.97. The van der Waals surface area contributed by atoms with Gasteiger partial charge in [0.2, 0.25) is 0 Å². The first-order chi connectivity index (χ1) is 12.4. The molecule has 2 aromatic carbocycles. The van der Waals surface area contributed by atoms with E-state index in [0.717, 1.165) is 0 Å². The van der Waals surface area contributed by atoms with Gasteiger partial charge in [0.1, 0.15) is 23.1 Å². The number of hydrogen-bond donors (Lipinski definition) is 1. The highest BCUT2D eigenvalue weighted by Gasteiger charge is 2.11. The van der Waals surface area contributed by atoms with E-state index < -0.39 is 5.91 Å². The number of rotatable bonds is 6. The standard InChI is InChI=1S/C20H19ClN2O3/c1-13(2)26-19-9-4-14(11-18(19)21)10-15(12-22)20(24)23-16-5-7-17(25-3)8-6-16/h4-11,13H,1-3H3,(H,23,24)/b15-10+. The molecule has 0 fully saturated rings. The van der Waals surface area contributed by atoms with Crippen LogP contribution in [0.1, 0.15) is 19.4 Å². The third kappa shape index (κ3) is 5.27. The van der Waals surface area contributed by atoms with Crippen molar-refractivity contribution in [3.05, 3.63) is 58.6 Å². The van der Waals surface area contributed by atoms with Crippen molar-refractivity contribution in [1.29, 1.82) is 5.26 Å². The van der Waals surface area contributed by atoms with Crippen LogP contribution in [-0.4, -0.2) is 19.1 Å². The molecule has 0 saturated carbocycles. The van der Waals surface area contributed by atoms with Crippen LogP contribution in [0.5, 0.6) is 11.5 Å². The molecule has 0 radical (unpaired) electrons. The molecular weight excluding hydrogens is 352 g/mol. The molecule has 5 nitrogen and oxygen atoms in total. The fourth-order valence-corrected chi connectivity index (χ4v) is 2.38. The summed E-state index contributed by atoms with van der Waals surface area (Å²) in [5, 5.41) is 12.4. The molecule has 6 heteroatoms. The maximum absolute atomic E-state index is 12.3. The maximum atomic E-state index is 12.3. The summed E-state index contributed by atoms with van der Waals surface area (Å²) in [6.45, 7) is 3.81. The molecule has 2 aromatic rings. The van der Waals surface area contributed by atoms with Crippen molar-refractivity contribution < 1.29 is 14.3 Å². The van der Waals surface area contributed by atoms with Crippen molar-refractivity contribution in [2.24, 2.45) is 0 Å². The predicted molar refractivity (Wildman–Crippen MR) is 102 cm³/mol. The molecule has 0 aliphatic rings. The van der Waals surface area contributed by atoms with E-state index in [1.807, 2.05) is 19.9 Å². The van der Waals surface area contributed by atoms with Crippen molar-refractivity contribution in [3.8, 4) is 17.6 Å². The SMILES string of the molecule is COc1ccc(NC(=O)/C(C#N)=C/c2ccc(OC(C)C)c(Cl)c2)cc1. The third-order valence-corrected chi connectivity index (χ3v) is 3.64. The number of halogens is 1. The van der Waals surface area contributed by atoms with Gasteiger partial charge < -0.3 is 14.8 Å². The van der Waals surface area contributed by atoms with Crippen LogP contribution in [0.3, 0.4) is 0 Å². The van der Waals surface area contributed by atoms with E-state index in [2.05, 4.69) is 5.32 Å². The second kappa shape index (κ2) is 8.93. The Morgan fingerprint density at radius 3 is 2.46 bits per heavy atom. The minimum Gasteiger partial charge on any atom is -0.497 e. The normalized spacial score (nSPS) is 11.0. The van der Waals surface area contributed by atoms with Gasteiger partial charge in [-0.15, -0.1) is 0 Å². The van der Waals surface area contributed by atoms with Crippen molar-refractivity contribution >= 4 is 29.3 Å². The zero-order chi connectivity index (χ0) is 19.1. The summed E-state index contributed by atoms with van der Waals surface area (Å²) in [6.07, 6.45) is 1.48. The van der Waals surface area contributed by atoms with E-state index in [4.69, 9.17) is 21.1 Å². The molecule has 0 saturated heterocycles. The fraction of sp³-hybridized carbons (Fsp3) is 0.200.